The molecule has 1 aliphatic rings. The minimum absolute atomic E-state index is 0.0188. The lowest BCUT2D eigenvalue weighted by Gasteiger charge is -2.05. The summed E-state index contributed by atoms with van der Waals surface area (Å²) in [6.45, 7) is 0. The van der Waals surface area contributed by atoms with Crippen molar-refractivity contribution in [2.75, 3.05) is 5.33 Å². The molecular formula is C6H6BrNO4. The Labute approximate surface area is 76.6 Å². The molecule has 0 aromatic rings. The van der Waals surface area contributed by atoms with Crippen LogP contribution in [0.1, 0.15) is 6.42 Å². The van der Waals surface area contributed by atoms with E-state index in [-0.39, 0.29) is 11.8 Å². The fraction of sp³-hybridized carbons (Fsp3) is 0.500. The van der Waals surface area contributed by atoms with E-state index in [0.29, 0.717) is 0 Å². The van der Waals surface area contributed by atoms with E-state index in [1.54, 1.807) is 0 Å². The lowest BCUT2D eigenvalue weighted by atomic mass is 10.3. The van der Waals surface area contributed by atoms with E-state index >= 15 is 0 Å². The number of nitrogens with one attached hydrogen (secondary N) is 1. The molecule has 0 saturated carbocycles. The van der Waals surface area contributed by atoms with Crippen LogP contribution in [0.25, 0.3) is 0 Å². The summed E-state index contributed by atoms with van der Waals surface area (Å²) in [4.78, 5) is 32.1. The summed E-state index contributed by atoms with van der Waals surface area (Å²) in [6, 6.07) is 0. The van der Waals surface area contributed by atoms with Gasteiger partial charge in [0.15, 0.2) is 6.10 Å². The Morgan fingerprint density at radius 1 is 1.67 bits per heavy atom. The zero-order valence-electron chi connectivity index (χ0n) is 6.00. The Bertz CT molecular complexity index is 240. The van der Waals surface area contributed by atoms with Crippen molar-refractivity contribution < 1.29 is 19.1 Å². The first-order valence-electron chi connectivity index (χ1n) is 3.22. The van der Waals surface area contributed by atoms with E-state index in [0.717, 1.165) is 0 Å². The number of halogens is 1. The van der Waals surface area contributed by atoms with Crippen LogP contribution in [0.5, 0.6) is 0 Å². The predicted octanol–water partition coefficient (Wildman–Crippen LogP) is -0.660. The summed E-state index contributed by atoms with van der Waals surface area (Å²) >= 11 is 2.87. The van der Waals surface area contributed by atoms with E-state index in [2.05, 4.69) is 20.7 Å². The van der Waals surface area contributed by atoms with Crippen molar-refractivity contribution in [3.63, 3.8) is 0 Å². The molecule has 5 nitrogen and oxygen atoms in total. The highest BCUT2D eigenvalue weighted by Gasteiger charge is 2.33. The number of imide groups is 1. The molecular weight excluding hydrogens is 230 g/mol. The largest absolute Gasteiger partial charge is 0.451 e. The van der Waals surface area contributed by atoms with Gasteiger partial charge in [-0.15, -0.1) is 0 Å². The number of rotatable bonds is 2. The first-order valence-corrected chi connectivity index (χ1v) is 4.34. The number of esters is 1. The molecule has 0 aliphatic carbocycles. The van der Waals surface area contributed by atoms with Crippen LogP contribution in [0, 0.1) is 0 Å². The maximum absolute atomic E-state index is 10.8. The summed E-state index contributed by atoms with van der Waals surface area (Å²) < 4.78 is 4.62. The molecule has 0 spiro atoms. The minimum atomic E-state index is -0.942. The van der Waals surface area contributed by atoms with Crippen LogP contribution < -0.4 is 5.32 Å². The highest BCUT2D eigenvalue weighted by atomic mass is 79.9. The highest BCUT2D eigenvalue weighted by Crippen LogP contribution is 2.06. The van der Waals surface area contributed by atoms with Gasteiger partial charge in [-0.05, 0) is 0 Å². The second-order valence-corrected chi connectivity index (χ2v) is 2.79. The number of carbonyl (C=O) groups excluding carboxylic acids is 3. The maximum atomic E-state index is 10.8. The van der Waals surface area contributed by atoms with Gasteiger partial charge in [0.2, 0.25) is 5.91 Å². The Morgan fingerprint density at radius 2 is 2.33 bits per heavy atom. The lowest BCUT2D eigenvalue weighted by molar-refractivity contribution is -0.151. The molecule has 66 valence electrons. The summed E-state index contributed by atoms with van der Waals surface area (Å²) in [5, 5.41) is 2.04. The van der Waals surface area contributed by atoms with Gasteiger partial charge in [-0.2, -0.15) is 0 Å². The van der Waals surface area contributed by atoms with Crippen molar-refractivity contribution in [1.82, 2.24) is 5.32 Å². The first kappa shape index (κ1) is 9.18. The van der Waals surface area contributed by atoms with Gasteiger partial charge in [0.1, 0.15) is 5.33 Å². The molecule has 6 heteroatoms. The molecule has 0 aromatic heterocycles. The van der Waals surface area contributed by atoms with Crippen LogP contribution in [0.15, 0.2) is 0 Å². The monoisotopic (exact) mass is 235 g/mol. The van der Waals surface area contributed by atoms with E-state index in [1.807, 2.05) is 5.32 Å². The van der Waals surface area contributed by atoms with Crippen molar-refractivity contribution in [2.45, 2.75) is 12.5 Å². The molecule has 1 unspecified atom stereocenters. The summed E-state index contributed by atoms with van der Waals surface area (Å²) in [5.41, 5.74) is 0. The van der Waals surface area contributed by atoms with E-state index in [4.69, 9.17) is 0 Å². The Balaban J connectivity index is 2.48. The zero-order chi connectivity index (χ0) is 9.14. The quantitative estimate of drug-likeness (QED) is 0.392. The Kier molecular flexibility index (Phi) is 2.80. The fourth-order valence-corrected chi connectivity index (χ4v) is 0.948. The molecule has 0 radical (unpaired) electrons. The Hall–Kier alpha value is -0.910. The molecule has 12 heavy (non-hydrogen) atoms. The van der Waals surface area contributed by atoms with Crippen LogP contribution in [0.2, 0.25) is 0 Å². The second kappa shape index (κ2) is 3.66. The van der Waals surface area contributed by atoms with E-state index < -0.39 is 23.9 Å². The molecule has 1 saturated heterocycles. The van der Waals surface area contributed by atoms with Gasteiger partial charge in [-0.3, -0.25) is 19.7 Å². The van der Waals surface area contributed by atoms with Gasteiger partial charge >= 0.3 is 5.97 Å². The second-order valence-electron chi connectivity index (χ2n) is 2.23. The SMILES string of the molecule is O=C1CC(OC(=O)CBr)C(=O)N1. The smallest absolute Gasteiger partial charge is 0.317 e. The topological polar surface area (TPSA) is 72.5 Å². The van der Waals surface area contributed by atoms with Gasteiger partial charge < -0.3 is 4.74 Å². The molecule has 1 N–H and O–H groups in total. The van der Waals surface area contributed by atoms with Gasteiger partial charge in [0, 0.05) is 0 Å². The Morgan fingerprint density at radius 3 is 2.75 bits per heavy atom. The number of carbonyl (C=O) groups is 3. The number of amides is 2. The molecule has 1 fully saturated rings. The van der Waals surface area contributed by atoms with Crippen LogP contribution in [-0.4, -0.2) is 29.2 Å². The number of hydrogen-bond acceptors (Lipinski definition) is 4. The molecule has 0 aromatic carbocycles. The summed E-state index contributed by atoms with van der Waals surface area (Å²) in [5.74, 6) is -1.51. The molecule has 1 aliphatic heterocycles. The normalized spacial score (nSPS) is 22.2. The van der Waals surface area contributed by atoms with Crippen molar-refractivity contribution in [3.05, 3.63) is 0 Å². The van der Waals surface area contributed by atoms with Gasteiger partial charge in [0.25, 0.3) is 5.91 Å². The number of ether oxygens (including phenoxy) is 1. The number of alkyl halides is 1. The van der Waals surface area contributed by atoms with Gasteiger partial charge in [0.05, 0.1) is 6.42 Å². The van der Waals surface area contributed by atoms with Crippen LogP contribution in [-0.2, 0) is 19.1 Å². The highest BCUT2D eigenvalue weighted by molar-refractivity contribution is 9.09. The molecule has 1 atom stereocenters. The number of hydrogen-bond donors (Lipinski definition) is 1. The van der Waals surface area contributed by atoms with Gasteiger partial charge in [-0.1, -0.05) is 15.9 Å². The summed E-state index contributed by atoms with van der Waals surface area (Å²) in [6.07, 6.45) is -1.01. The lowest BCUT2D eigenvalue weighted by Crippen LogP contribution is -2.28. The van der Waals surface area contributed by atoms with Crippen LogP contribution >= 0.6 is 15.9 Å². The molecule has 0 bridgehead atoms. The van der Waals surface area contributed by atoms with Crippen LogP contribution in [0.3, 0.4) is 0 Å². The molecule has 1 heterocycles. The maximum Gasteiger partial charge on any atom is 0.317 e. The molecule has 2 amide bonds. The average Bonchev–Trinajstić information content (AvgIpc) is 2.30. The summed E-state index contributed by atoms with van der Waals surface area (Å²) in [7, 11) is 0. The standard InChI is InChI=1S/C6H6BrNO4/c7-2-5(10)12-3-1-4(9)8-6(3)11/h3H,1-2H2,(H,8,9,11). The van der Waals surface area contributed by atoms with Crippen molar-refractivity contribution in [3.8, 4) is 0 Å². The third kappa shape index (κ3) is 2.04. The molecule has 1 rings (SSSR count). The van der Waals surface area contributed by atoms with Crippen molar-refractivity contribution >= 4 is 33.7 Å². The van der Waals surface area contributed by atoms with E-state index in [1.165, 1.54) is 0 Å². The third-order valence-electron chi connectivity index (χ3n) is 1.31. The average molecular weight is 236 g/mol. The van der Waals surface area contributed by atoms with Gasteiger partial charge in [-0.25, -0.2) is 0 Å². The van der Waals surface area contributed by atoms with Crippen LogP contribution in [0.4, 0.5) is 0 Å². The zero-order valence-corrected chi connectivity index (χ0v) is 7.59. The fourth-order valence-electron chi connectivity index (χ4n) is 0.815. The minimum Gasteiger partial charge on any atom is -0.451 e. The third-order valence-corrected chi connectivity index (χ3v) is 1.77. The first-order chi connectivity index (χ1) is 5.63. The van der Waals surface area contributed by atoms with Crippen molar-refractivity contribution in [2.24, 2.45) is 0 Å². The van der Waals surface area contributed by atoms with Crippen molar-refractivity contribution in [1.29, 1.82) is 0 Å². The predicted molar refractivity (Wildman–Crippen MR) is 41.4 cm³/mol. The van der Waals surface area contributed by atoms with E-state index in [9.17, 15) is 14.4 Å².